The van der Waals surface area contributed by atoms with Crippen LogP contribution in [0.1, 0.15) is 28.1 Å². The zero-order valence-corrected chi connectivity index (χ0v) is 15.7. The smallest absolute Gasteiger partial charge is 0.358 e. The molecule has 1 amide bonds. The number of nitrogens with zero attached hydrogens (tertiary/aromatic N) is 2. The van der Waals surface area contributed by atoms with Crippen molar-refractivity contribution in [2.45, 2.75) is 20.1 Å². The highest BCUT2D eigenvalue weighted by Gasteiger charge is 2.14. The van der Waals surface area contributed by atoms with Gasteiger partial charge in [-0.1, -0.05) is 0 Å². The maximum absolute atomic E-state index is 12.9. The Bertz CT molecular complexity index is 940. The number of esters is 1. The molecule has 0 bridgehead atoms. The summed E-state index contributed by atoms with van der Waals surface area (Å²) in [4.78, 5) is 31.3. The molecule has 0 unspecified atom stereocenters. The van der Waals surface area contributed by atoms with Crippen molar-refractivity contribution in [3.05, 3.63) is 57.2 Å². The number of carbonyl (C=O) groups is 2. The van der Waals surface area contributed by atoms with Gasteiger partial charge < -0.3 is 14.8 Å². The van der Waals surface area contributed by atoms with Crippen molar-refractivity contribution in [3.8, 4) is 5.75 Å². The van der Waals surface area contributed by atoms with Gasteiger partial charge in [-0.15, -0.1) is 22.7 Å². The number of benzene rings is 1. The molecule has 0 atom stereocenters. The summed E-state index contributed by atoms with van der Waals surface area (Å²) >= 11 is 2.51. The van der Waals surface area contributed by atoms with Crippen LogP contribution in [0.2, 0.25) is 0 Å². The van der Waals surface area contributed by atoms with Gasteiger partial charge in [0.1, 0.15) is 29.8 Å². The van der Waals surface area contributed by atoms with E-state index in [9.17, 15) is 14.0 Å². The minimum absolute atomic E-state index is 0.00111. The number of amides is 1. The largest absolute Gasteiger partial charge is 0.486 e. The Kier molecular flexibility index (Phi) is 6.09. The summed E-state index contributed by atoms with van der Waals surface area (Å²) in [5.74, 6) is -0.648. The van der Waals surface area contributed by atoms with Gasteiger partial charge in [-0.05, 0) is 24.3 Å². The van der Waals surface area contributed by atoms with E-state index >= 15 is 0 Å². The summed E-state index contributed by atoms with van der Waals surface area (Å²) < 4.78 is 23.5. The second-order valence-electron chi connectivity index (χ2n) is 5.27. The average molecular weight is 407 g/mol. The van der Waals surface area contributed by atoms with Gasteiger partial charge in [0.25, 0.3) is 0 Å². The molecule has 10 heteroatoms. The third-order valence-electron chi connectivity index (χ3n) is 3.12. The molecule has 3 rings (SSSR count). The lowest BCUT2D eigenvalue weighted by Gasteiger charge is -2.03. The van der Waals surface area contributed by atoms with Crippen LogP contribution in [-0.4, -0.2) is 21.8 Å². The number of rotatable bonds is 7. The van der Waals surface area contributed by atoms with Gasteiger partial charge in [-0.3, -0.25) is 4.79 Å². The molecule has 0 radical (unpaired) electrons. The number of aromatic nitrogens is 2. The lowest BCUT2D eigenvalue weighted by atomic mass is 10.3. The second kappa shape index (κ2) is 8.69. The fourth-order valence-corrected chi connectivity index (χ4v) is 3.36. The molecule has 0 aliphatic heterocycles. The molecule has 1 N–H and O–H groups in total. The van der Waals surface area contributed by atoms with Crippen molar-refractivity contribution in [1.29, 1.82) is 0 Å². The van der Waals surface area contributed by atoms with Crippen molar-refractivity contribution >= 4 is 39.7 Å². The quantitative estimate of drug-likeness (QED) is 0.602. The van der Waals surface area contributed by atoms with E-state index in [-0.39, 0.29) is 30.6 Å². The predicted molar refractivity (Wildman–Crippen MR) is 98.4 cm³/mol. The van der Waals surface area contributed by atoms with Crippen LogP contribution in [0.3, 0.4) is 0 Å². The minimum Gasteiger partial charge on any atom is -0.486 e. The molecule has 2 heterocycles. The summed E-state index contributed by atoms with van der Waals surface area (Å²) in [5.41, 5.74) is 0.710. The zero-order valence-electron chi connectivity index (χ0n) is 14.1. The van der Waals surface area contributed by atoms with Crippen molar-refractivity contribution in [1.82, 2.24) is 9.97 Å². The van der Waals surface area contributed by atoms with Gasteiger partial charge in [0.05, 0.1) is 5.69 Å². The Morgan fingerprint density at radius 3 is 2.63 bits per heavy atom. The van der Waals surface area contributed by atoms with Crippen LogP contribution in [0.4, 0.5) is 9.52 Å². The van der Waals surface area contributed by atoms with Gasteiger partial charge in [-0.2, -0.15) is 0 Å². The van der Waals surface area contributed by atoms with E-state index in [0.717, 1.165) is 11.3 Å². The van der Waals surface area contributed by atoms with Gasteiger partial charge >= 0.3 is 5.97 Å². The lowest BCUT2D eigenvalue weighted by Crippen LogP contribution is -2.08. The fraction of sp³-hybridized carbons (Fsp3) is 0.176. The van der Waals surface area contributed by atoms with Crippen LogP contribution < -0.4 is 10.1 Å². The summed E-state index contributed by atoms with van der Waals surface area (Å²) in [6.07, 6.45) is 0. The van der Waals surface area contributed by atoms with Crippen molar-refractivity contribution in [2.75, 3.05) is 5.32 Å². The first-order valence-corrected chi connectivity index (χ1v) is 9.47. The highest BCUT2D eigenvalue weighted by Crippen LogP contribution is 2.18. The molecular weight excluding hydrogens is 393 g/mol. The third-order valence-corrected chi connectivity index (χ3v) is 4.75. The zero-order chi connectivity index (χ0) is 19.2. The fourth-order valence-electron chi connectivity index (χ4n) is 1.95. The number of hydrogen-bond donors (Lipinski definition) is 1. The van der Waals surface area contributed by atoms with Crippen LogP contribution in [0.25, 0.3) is 0 Å². The van der Waals surface area contributed by atoms with Crippen molar-refractivity contribution in [2.24, 2.45) is 0 Å². The second-order valence-corrected chi connectivity index (χ2v) is 7.07. The molecule has 0 spiro atoms. The molecule has 1 aromatic carbocycles. The first kappa shape index (κ1) is 18.9. The Morgan fingerprint density at radius 2 is 1.89 bits per heavy atom. The Labute approximate surface area is 161 Å². The molecule has 27 heavy (non-hydrogen) atoms. The van der Waals surface area contributed by atoms with E-state index < -0.39 is 5.97 Å². The SMILES string of the molecule is CC(=O)Nc1nc(C(=O)OCc2csc(COc3ccc(F)cc3)n2)cs1. The normalized spacial score (nSPS) is 10.4. The summed E-state index contributed by atoms with van der Waals surface area (Å²) in [5, 5.41) is 6.82. The maximum atomic E-state index is 12.9. The predicted octanol–water partition coefficient (Wildman–Crippen LogP) is 3.63. The molecule has 140 valence electrons. The van der Waals surface area contributed by atoms with Gasteiger partial charge in [0.15, 0.2) is 10.8 Å². The number of nitrogens with one attached hydrogen (secondary N) is 1. The summed E-state index contributed by atoms with van der Waals surface area (Å²) in [6, 6.07) is 5.71. The Balaban J connectivity index is 1.48. The number of hydrogen-bond acceptors (Lipinski definition) is 8. The van der Waals surface area contributed by atoms with Crippen LogP contribution in [0.15, 0.2) is 35.0 Å². The van der Waals surface area contributed by atoms with Crippen LogP contribution >= 0.6 is 22.7 Å². The van der Waals surface area contributed by atoms with E-state index in [1.165, 1.54) is 47.9 Å². The molecule has 3 aromatic rings. The van der Waals surface area contributed by atoms with Gasteiger partial charge in [-0.25, -0.2) is 19.2 Å². The van der Waals surface area contributed by atoms with Crippen LogP contribution in [-0.2, 0) is 22.7 Å². The average Bonchev–Trinajstić information content (AvgIpc) is 3.28. The van der Waals surface area contributed by atoms with E-state index in [0.29, 0.717) is 21.6 Å². The Hall–Kier alpha value is -2.85. The number of carbonyl (C=O) groups excluding carboxylic acids is 2. The van der Waals surface area contributed by atoms with E-state index in [1.54, 1.807) is 5.38 Å². The standard InChI is InChI=1S/C17H14FN3O4S2/c1-10(22)19-17-21-14(9-27-17)16(23)25-6-12-8-26-15(20-12)7-24-13-4-2-11(18)3-5-13/h2-5,8-9H,6-7H2,1H3,(H,19,21,22). The van der Waals surface area contributed by atoms with E-state index in [1.807, 2.05) is 0 Å². The molecule has 0 aliphatic rings. The minimum atomic E-state index is -0.597. The molecule has 0 saturated heterocycles. The monoisotopic (exact) mass is 407 g/mol. The number of halogens is 1. The molecular formula is C17H14FN3O4S2. The molecule has 7 nitrogen and oxygen atoms in total. The number of thiazole rings is 2. The van der Waals surface area contributed by atoms with Crippen LogP contribution in [0, 0.1) is 5.82 Å². The van der Waals surface area contributed by atoms with E-state index in [4.69, 9.17) is 9.47 Å². The molecule has 0 saturated carbocycles. The van der Waals surface area contributed by atoms with Crippen molar-refractivity contribution < 1.29 is 23.5 Å². The molecule has 0 aliphatic carbocycles. The number of ether oxygens (including phenoxy) is 2. The lowest BCUT2D eigenvalue weighted by molar-refractivity contribution is -0.114. The van der Waals surface area contributed by atoms with Gasteiger partial charge in [0, 0.05) is 17.7 Å². The first-order chi connectivity index (χ1) is 13.0. The molecule has 2 aromatic heterocycles. The highest BCUT2D eigenvalue weighted by atomic mass is 32.1. The summed E-state index contributed by atoms with van der Waals surface area (Å²) in [6.45, 7) is 1.59. The van der Waals surface area contributed by atoms with Crippen LogP contribution in [0.5, 0.6) is 5.75 Å². The third kappa shape index (κ3) is 5.56. The Morgan fingerprint density at radius 1 is 1.11 bits per heavy atom. The first-order valence-electron chi connectivity index (χ1n) is 7.71. The topological polar surface area (TPSA) is 90.4 Å². The van der Waals surface area contributed by atoms with Gasteiger partial charge in [0.2, 0.25) is 5.91 Å². The van der Waals surface area contributed by atoms with Crippen molar-refractivity contribution in [3.63, 3.8) is 0 Å². The maximum Gasteiger partial charge on any atom is 0.358 e. The molecule has 0 fully saturated rings. The highest BCUT2D eigenvalue weighted by molar-refractivity contribution is 7.14. The number of anilines is 1. The summed E-state index contributed by atoms with van der Waals surface area (Å²) in [7, 11) is 0. The van der Waals surface area contributed by atoms with E-state index in [2.05, 4.69) is 15.3 Å².